The fraction of sp³-hybridized carbons (Fsp3) is 0.708. The first-order valence-corrected chi connectivity index (χ1v) is 11.5. The molecule has 0 bridgehead atoms. The summed E-state index contributed by atoms with van der Waals surface area (Å²) in [6.45, 7) is 17.0. The van der Waals surface area contributed by atoms with Crippen molar-refractivity contribution >= 4 is 5.96 Å². The number of aliphatic imine (C=N–C) groups is 1. The average Bonchev–Trinajstić information content (AvgIpc) is 2.72. The fourth-order valence-corrected chi connectivity index (χ4v) is 4.68. The molecule has 0 saturated carbocycles. The predicted octanol–water partition coefficient (Wildman–Crippen LogP) is 2.52. The number of aryl methyl sites for hydroxylation is 2. The SMILES string of the molecule is CN=C(NCC(C(C)C)N1CCN(C)CC1)N1CCOC(c2ccc(C)cc2C)C1. The third-order valence-electron chi connectivity index (χ3n) is 6.60. The second-order valence-corrected chi connectivity index (χ2v) is 9.24. The van der Waals surface area contributed by atoms with E-state index in [9.17, 15) is 0 Å². The first-order chi connectivity index (χ1) is 14.4. The molecule has 2 aliphatic rings. The normalized spacial score (nSPS) is 23.1. The molecule has 0 spiro atoms. The van der Waals surface area contributed by atoms with Gasteiger partial charge in [-0.3, -0.25) is 9.89 Å². The lowest BCUT2D eigenvalue weighted by Crippen LogP contribution is -2.56. The molecule has 1 aromatic rings. The molecule has 2 atom stereocenters. The van der Waals surface area contributed by atoms with Gasteiger partial charge in [0.2, 0.25) is 0 Å². The van der Waals surface area contributed by atoms with Crippen molar-refractivity contribution in [2.75, 3.05) is 66.5 Å². The van der Waals surface area contributed by atoms with Gasteiger partial charge in [-0.2, -0.15) is 0 Å². The van der Waals surface area contributed by atoms with Crippen molar-refractivity contribution in [1.82, 2.24) is 20.0 Å². The van der Waals surface area contributed by atoms with Crippen LogP contribution in [0.1, 0.15) is 36.6 Å². The Hall–Kier alpha value is -1.63. The highest BCUT2D eigenvalue weighted by Gasteiger charge is 2.28. The number of ether oxygens (including phenoxy) is 1. The Morgan fingerprint density at radius 1 is 1.17 bits per heavy atom. The first-order valence-electron chi connectivity index (χ1n) is 11.5. The van der Waals surface area contributed by atoms with Crippen LogP contribution < -0.4 is 5.32 Å². The molecule has 2 unspecified atom stereocenters. The predicted molar refractivity (Wildman–Crippen MR) is 125 cm³/mol. The van der Waals surface area contributed by atoms with E-state index in [1.54, 1.807) is 0 Å². The zero-order valence-corrected chi connectivity index (χ0v) is 19.8. The van der Waals surface area contributed by atoms with Gasteiger partial charge < -0.3 is 19.9 Å². The number of hydrogen-bond acceptors (Lipinski definition) is 4. The van der Waals surface area contributed by atoms with Crippen LogP contribution in [0.2, 0.25) is 0 Å². The molecule has 3 rings (SSSR count). The van der Waals surface area contributed by atoms with Crippen molar-refractivity contribution in [3.8, 4) is 0 Å². The van der Waals surface area contributed by atoms with Gasteiger partial charge in [0.25, 0.3) is 0 Å². The van der Waals surface area contributed by atoms with E-state index in [0.29, 0.717) is 12.0 Å². The van der Waals surface area contributed by atoms with E-state index in [0.717, 1.165) is 58.4 Å². The van der Waals surface area contributed by atoms with E-state index in [1.165, 1.54) is 16.7 Å². The highest BCUT2D eigenvalue weighted by molar-refractivity contribution is 5.80. The molecule has 0 aliphatic carbocycles. The largest absolute Gasteiger partial charge is 0.370 e. The third-order valence-corrected chi connectivity index (χ3v) is 6.60. The minimum atomic E-state index is 0.0939. The van der Waals surface area contributed by atoms with Gasteiger partial charge >= 0.3 is 0 Å². The maximum atomic E-state index is 6.14. The molecule has 2 fully saturated rings. The highest BCUT2D eigenvalue weighted by Crippen LogP contribution is 2.26. The zero-order valence-electron chi connectivity index (χ0n) is 19.8. The Labute approximate surface area is 183 Å². The van der Waals surface area contributed by atoms with Crippen LogP contribution in [0.3, 0.4) is 0 Å². The van der Waals surface area contributed by atoms with Crippen LogP contribution in [0.5, 0.6) is 0 Å². The van der Waals surface area contributed by atoms with Gasteiger partial charge in [0.15, 0.2) is 5.96 Å². The third kappa shape index (κ3) is 5.74. The molecule has 6 nitrogen and oxygen atoms in total. The van der Waals surface area contributed by atoms with E-state index in [1.807, 2.05) is 7.05 Å². The molecule has 6 heteroatoms. The summed E-state index contributed by atoms with van der Waals surface area (Å²) in [4.78, 5) is 12.0. The molecule has 0 amide bonds. The lowest BCUT2D eigenvalue weighted by Gasteiger charge is -2.41. The summed E-state index contributed by atoms with van der Waals surface area (Å²) in [6.07, 6.45) is 0.0939. The van der Waals surface area contributed by atoms with E-state index in [4.69, 9.17) is 4.74 Å². The summed E-state index contributed by atoms with van der Waals surface area (Å²) in [7, 11) is 4.11. The molecule has 2 aliphatic heterocycles. The van der Waals surface area contributed by atoms with Crippen LogP contribution in [-0.4, -0.2) is 93.2 Å². The van der Waals surface area contributed by atoms with Crippen molar-refractivity contribution in [3.05, 3.63) is 34.9 Å². The van der Waals surface area contributed by atoms with Crippen LogP contribution in [0.25, 0.3) is 0 Å². The summed E-state index contributed by atoms with van der Waals surface area (Å²) in [5.41, 5.74) is 3.89. The van der Waals surface area contributed by atoms with Gasteiger partial charge in [-0.05, 0) is 37.9 Å². The van der Waals surface area contributed by atoms with Crippen molar-refractivity contribution in [3.63, 3.8) is 0 Å². The Balaban J connectivity index is 1.62. The first kappa shape index (κ1) is 23.0. The summed E-state index contributed by atoms with van der Waals surface area (Å²) in [5.74, 6) is 1.60. The molecular weight excluding hydrogens is 374 g/mol. The number of morpholine rings is 1. The van der Waals surface area contributed by atoms with Gasteiger partial charge in [-0.25, -0.2) is 0 Å². The Morgan fingerprint density at radius 3 is 2.53 bits per heavy atom. The number of piperazine rings is 1. The van der Waals surface area contributed by atoms with E-state index >= 15 is 0 Å². The molecule has 0 aromatic heterocycles. The number of nitrogens with one attached hydrogen (secondary N) is 1. The number of likely N-dealkylation sites (N-methyl/N-ethyl adjacent to an activating group) is 1. The Morgan fingerprint density at radius 2 is 1.90 bits per heavy atom. The topological polar surface area (TPSA) is 43.3 Å². The summed E-state index contributed by atoms with van der Waals surface area (Å²) in [6, 6.07) is 7.17. The standard InChI is InChI=1S/C24H41N5O/c1-18(2)22(28-11-9-27(6)10-12-28)16-26-24(25-5)29-13-14-30-23(17-29)21-8-7-19(3)15-20(21)4/h7-8,15,18,22-23H,9-14,16-17H2,1-6H3,(H,25,26). The Bertz CT molecular complexity index is 712. The van der Waals surface area contributed by atoms with Gasteiger partial charge in [0.1, 0.15) is 6.10 Å². The smallest absolute Gasteiger partial charge is 0.193 e. The molecule has 1 aromatic carbocycles. The van der Waals surface area contributed by atoms with Crippen molar-refractivity contribution in [2.24, 2.45) is 10.9 Å². The Kier molecular flexibility index (Phi) is 8.14. The van der Waals surface area contributed by atoms with Crippen LogP contribution in [0.15, 0.2) is 23.2 Å². The van der Waals surface area contributed by atoms with E-state index < -0.39 is 0 Å². The van der Waals surface area contributed by atoms with Crippen molar-refractivity contribution in [1.29, 1.82) is 0 Å². The summed E-state index contributed by atoms with van der Waals surface area (Å²) >= 11 is 0. The van der Waals surface area contributed by atoms with Gasteiger partial charge in [0.05, 0.1) is 13.2 Å². The maximum Gasteiger partial charge on any atom is 0.193 e. The molecule has 2 saturated heterocycles. The van der Waals surface area contributed by atoms with Gasteiger partial charge in [0, 0.05) is 52.4 Å². The lowest BCUT2D eigenvalue weighted by molar-refractivity contribution is -0.00855. The summed E-state index contributed by atoms with van der Waals surface area (Å²) in [5, 5.41) is 3.69. The minimum absolute atomic E-state index is 0.0939. The number of nitrogens with zero attached hydrogens (tertiary/aromatic N) is 4. The number of rotatable bonds is 5. The lowest BCUT2D eigenvalue weighted by atomic mass is 10.00. The monoisotopic (exact) mass is 415 g/mol. The van der Waals surface area contributed by atoms with Crippen molar-refractivity contribution < 1.29 is 4.74 Å². The number of guanidine groups is 1. The van der Waals surface area contributed by atoms with Gasteiger partial charge in [-0.15, -0.1) is 0 Å². The number of benzene rings is 1. The summed E-state index contributed by atoms with van der Waals surface area (Å²) < 4.78 is 6.14. The second kappa shape index (κ2) is 10.6. The van der Waals surface area contributed by atoms with Gasteiger partial charge in [-0.1, -0.05) is 37.6 Å². The molecular formula is C24H41N5O. The molecule has 1 N–H and O–H groups in total. The minimum Gasteiger partial charge on any atom is -0.370 e. The molecule has 168 valence electrons. The average molecular weight is 416 g/mol. The maximum absolute atomic E-state index is 6.14. The van der Waals surface area contributed by atoms with E-state index in [-0.39, 0.29) is 6.10 Å². The highest BCUT2D eigenvalue weighted by atomic mass is 16.5. The van der Waals surface area contributed by atoms with Crippen LogP contribution in [0, 0.1) is 19.8 Å². The van der Waals surface area contributed by atoms with Crippen LogP contribution in [0.4, 0.5) is 0 Å². The second-order valence-electron chi connectivity index (χ2n) is 9.24. The fourth-order valence-electron chi connectivity index (χ4n) is 4.68. The molecule has 30 heavy (non-hydrogen) atoms. The van der Waals surface area contributed by atoms with Crippen LogP contribution in [-0.2, 0) is 4.74 Å². The molecule has 2 heterocycles. The van der Waals surface area contributed by atoms with Crippen LogP contribution >= 0.6 is 0 Å². The number of hydrogen-bond donors (Lipinski definition) is 1. The molecule has 0 radical (unpaired) electrons. The van der Waals surface area contributed by atoms with E-state index in [2.05, 4.69) is 78.0 Å². The van der Waals surface area contributed by atoms with Crippen molar-refractivity contribution in [2.45, 2.75) is 39.8 Å². The zero-order chi connectivity index (χ0) is 21.7. The quantitative estimate of drug-likeness (QED) is 0.591.